The smallest absolute Gasteiger partial charge is 0.269 e. The fraction of sp³-hybridized carbons (Fsp3) is 0.133. The van der Waals surface area contributed by atoms with Crippen LogP contribution in [0.1, 0.15) is 10.4 Å². The van der Waals surface area contributed by atoms with E-state index in [4.69, 9.17) is 16.3 Å². The van der Waals surface area contributed by atoms with Gasteiger partial charge in [0.25, 0.3) is 15.9 Å². The second kappa shape index (κ2) is 6.14. The summed E-state index contributed by atoms with van der Waals surface area (Å²) in [5.74, 6) is -0.00432. The molecule has 0 saturated heterocycles. The van der Waals surface area contributed by atoms with Gasteiger partial charge in [-0.05, 0) is 46.3 Å². The molecule has 0 fully saturated rings. The molecule has 0 radical (unpaired) electrons. The van der Waals surface area contributed by atoms with Crippen molar-refractivity contribution in [3.05, 3.63) is 57.5 Å². The van der Waals surface area contributed by atoms with E-state index in [9.17, 15) is 13.2 Å². The van der Waals surface area contributed by atoms with E-state index >= 15 is 0 Å². The van der Waals surface area contributed by atoms with Crippen LogP contribution in [0.3, 0.4) is 0 Å². The number of sulfonamides is 1. The minimum Gasteiger partial charge on any atom is -0.491 e. The monoisotopic (exact) mass is 415 g/mol. The zero-order chi connectivity index (χ0) is 16.6. The number of rotatable bonds is 4. The summed E-state index contributed by atoms with van der Waals surface area (Å²) in [6.45, 7) is -0.0237. The van der Waals surface area contributed by atoms with Gasteiger partial charge in [0.15, 0.2) is 0 Å². The van der Waals surface area contributed by atoms with Gasteiger partial charge in [-0.3, -0.25) is 4.79 Å². The molecule has 5 nitrogen and oxygen atoms in total. The predicted octanol–water partition coefficient (Wildman–Crippen LogP) is 3.33. The van der Waals surface area contributed by atoms with E-state index in [0.29, 0.717) is 15.2 Å². The first-order valence-electron chi connectivity index (χ1n) is 6.65. The summed E-state index contributed by atoms with van der Waals surface area (Å²) in [7, 11) is -3.80. The molecule has 8 heteroatoms. The molecular weight excluding hydrogens is 406 g/mol. The first-order valence-corrected chi connectivity index (χ1v) is 9.26. The number of hydrogen-bond acceptors (Lipinski definition) is 4. The molecule has 0 unspecified atom stereocenters. The van der Waals surface area contributed by atoms with Crippen LogP contribution in [0.15, 0.2) is 51.8 Å². The summed E-state index contributed by atoms with van der Waals surface area (Å²) in [4.78, 5) is 12.3. The molecule has 0 bridgehead atoms. The highest BCUT2D eigenvalue weighted by Crippen LogP contribution is 2.30. The van der Waals surface area contributed by atoms with Crippen molar-refractivity contribution < 1.29 is 17.9 Å². The Labute approximate surface area is 147 Å². The molecule has 0 spiro atoms. The molecule has 2 aromatic rings. The molecule has 1 aliphatic heterocycles. The highest BCUT2D eigenvalue weighted by Gasteiger charge is 2.40. The highest BCUT2D eigenvalue weighted by molar-refractivity contribution is 9.10. The van der Waals surface area contributed by atoms with Gasteiger partial charge in [-0.2, -0.15) is 0 Å². The van der Waals surface area contributed by atoms with Crippen molar-refractivity contribution in [3.8, 4) is 5.75 Å². The molecule has 1 amide bonds. The summed E-state index contributed by atoms with van der Waals surface area (Å²) < 4.78 is 31.8. The fourth-order valence-electron chi connectivity index (χ4n) is 2.28. The van der Waals surface area contributed by atoms with Crippen molar-refractivity contribution in [2.75, 3.05) is 13.2 Å². The van der Waals surface area contributed by atoms with Crippen LogP contribution in [0.25, 0.3) is 0 Å². The Morgan fingerprint density at radius 2 is 1.91 bits per heavy atom. The lowest BCUT2D eigenvalue weighted by Crippen LogP contribution is -2.33. The van der Waals surface area contributed by atoms with Crippen LogP contribution < -0.4 is 4.74 Å². The van der Waals surface area contributed by atoms with Crippen molar-refractivity contribution in [3.63, 3.8) is 0 Å². The van der Waals surface area contributed by atoms with Crippen molar-refractivity contribution in [1.82, 2.24) is 4.31 Å². The van der Waals surface area contributed by atoms with Gasteiger partial charge in [-0.25, -0.2) is 12.7 Å². The van der Waals surface area contributed by atoms with E-state index in [1.807, 2.05) is 0 Å². The molecule has 2 aromatic carbocycles. The number of benzene rings is 2. The second-order valence-electron chi connectivity index (χ2n) is 4.80. The standard InChI is InChI=1S/C15H11BrClNO4S/c16-12-9-10(17)5-6-13(12)22-8-7-18-15(19)11-3-1-2-4-14(11)23(18,20)21/h1-6,9H,7-8H2. The van der Waals surface area contributed by atoms with Gasteiger partial charge in [-0.15, -0.1) is 0 Å². The Morgan fingerprint density at radius 3 is 2.61 bits per heavy atom. The van der Waals surface area contributed by atoms with Crippen molar-refractivity contribution >= 4 is 43.5 Å². The maximum atomic E-state index is 12.4. The second-order valence-corrected chi connectivity index (χ2v) is 7.92. The summed E-state index contributed by atoms with van der Waals surface area (Å²) in [6.07, 6.45) is 0. The van der Waals surface area contributed by atoms with Gasteiger partial charge in [0, 0.05) is 5.02 Å². The van der Waals surface area contributed by atoms with E-state index in [1.165, 1.54) is 12.1 Å². The van der Waals surface area contributed by atoms with Crippen LogP contribution in [0.5, 0.6) is 5.75 Å². The molecule has 0 aliphatic carbocycles. The quantitative estimate of drug-likeness (QED) is 0.767. The number of hydrogen-bond donors (Lipinski definition) is 0. The van der Waals surface area contributed by atoms with Gasteiger partial charge in [0.2, 0.25) is 0 Å². The lowest BCUT2D eigenvalue weighted by molar-refractivity contribution is 0.0857. The zero-order valence-corrected chi connectivity index (χ0v) is 14.9. The SMILES string of the molecule is O=C1c2ccccc2S(=O)(=O)N1CCOc1ccc(Cl)cc1Br. The van der Waals surface area contributed by atoms with Crippen molar-refractivity contribution in [1.29, 1.82) is 0 Å². The number of halogens is 2. The molecule has 3 rings (SSSR count). The van der Waals surface area contributed by atoms with Crippen LogP contribution in [0.4, 0.5) is 0 Å². The van der Waals surface area contributed by atoms with Crippen LogP contribution in [-0.4, -0.2) is 31.8 Å². The van der Waals surface area contributed by atoms with Crippen molar-refractivity contribution in [2.45, 2.75) is 4.90 Å². The molecule has 120 valence electrons. The molecule has 1 aliphatic rings. The molecule has 0 saturated carbocycles. The summed E-state index contributed by atoms with van der Waals surface area (Å²) in [5, 5.41) is 0.553. The summed E-state index contributed by atoms with van der Waals surface area (Å²) in [5.41, 5.74) is 0.195. The molecular formula is C15H11BrClNO4S. The Kier molecular flexibility index (Phi) is 4.35. The first-order chi connectivity index (χ1) is 10.9. The van der Waals surface area contributed by atoms with Crippen molar-refractivity contribution in [2.24, 2.45) is 0 Å². The number of carbonyl (C=O) groups excluding carboxylic acids is 1. The van der Waals surface area contributed by atoms with Gasteiger partial charge in [0.05, 0.1) is 16.6 Å². The third-order valence-electron chi connectivity index (χ3n) is 3.36. The fourth-order valence-corrected chi connectivity index (χ4v) is 4.63. The van der Waals surface area contributed by atoms with E-state index < -0.39 is 15.9 Å². The first kappa shape index (κ1) is 16.3. The maximum Gasteiger partial charge on any atom is 0.269 e. The number of amides is 1. The number of nitrogens with zero attached hydrogens (tertiary/aromatic N) is 1. The van der Waals surface area contributed by atoms with E-state index in [1.54, 1.807) is 30.3 Å². The summed E-state index contributed by atoms with van der Waals surface area (Å²) >= 11 is 9.16. The number of fused-ring (bicyclic) bond motifs is 1. The third kappa shape index (κ3) is 2.96. The Hall–Kier alpha value is -1.57. The molecule has 1 heterocycles. The van der Waals surface area contributed by atoms with Crippen LogP contribution in [0, 0.1) is 0 Å². The largest absolute Gasteiger partial charge is 0.491 e. The molecule has 0 atom stereocenters. The van der Waals surface area contributed by atoms with E-state index in [-0.39, 0.29) is 23.6 Å². The van der Waals surface area contributed by atoms with Crippen LogP contribution in [0.2, 0.25) is 5.02 Å². The zero-order valence-electron chi connectivity index (χ0n) is 11.7. The van der Waals surface area contributed by atoms with Crippen LogP contribution >= 0.6 is 27.5 Å². The molecule has 0 N–H and O–H groups in total. The summed E-state index contributed by atoms with van der Waals surface area (Å²) in [6, 6.07) is 11.2. The minimum absolute atomic E-state index is 0.0395. The van der Waals surface area contributed by atoms with Gasteiger partial charge in [0.1, 0.15) is 17.3 Å². The van der Waals surface area contributed by atoms with Crippen LogP contribution in [-0.2, 0) is 10.0 Å². The topological polar surface area (TPSA) is 63.7 Å². The normalized spacial score (nSPS) is 15.6. The number of carbonyl (C=O) groups is 1. The minimum atomic E-state index is -3.80. The Balaban J connectivity index is 1.73. The Bertz CT molecular complexity index is 885. The lowest BCUT2D eigenvalue weighted by Gasteiger charge is -2.16. The molecule has 23 heavy (non-hydrogen) atoms. The van der Waals surface area contributed by atoms with Gasteiger partial charge in [-0.1, -0.05) is 23.7 Å². The third-order valence-corrected chi connectivity index (χ3v) is 6.05. The number of ether oxygens (including phenoxy) is 1. The van der Waals surface area contributed by atoms with E-state index in [2.05, 4.69) is 15.9 Å². The molecule has 0 aromatic heterocycles. The maximum absolute atomic E-state index is 12.4. The average molecular weight is 417 g/mol. The lowest BCUT2D eigenvalue weighted by atomic mass is 10.2. The van der Waals surface area contributed by atoms with E-state index in [0.717, 1.165) is 4.31 Å². The highest BCUT2D eigenvalue weighted by atomic mass is 79.9. The Morgan fingerprint density at radius 1 is 1.17 bits per heavy atom. The van der Waals surface area contributed by atoms with Gasteiger partial charge >= 0.3 is 0 Å². The predicted molar refractivity (Wildman–Crippen MR) is 89.3 cm³/mol. The average Bonchev–Trinajstić information content (AvgIpc) is 2.70. The van der Waals surface area contributed by atoms with Gasteiger partial charge < -0.3 is 4.74 Å².